The maximum Gasteiger partial charge on any atom is 0.254 e. The first kappa shape index (κ1) is 15.7. The number of likely N-dealkylation sites (tertiary alicyclic amines) is 1. The maximum atomic E-state index is 12.1. The summed E-state index contributed by atoms with van der Waals surface area (Å²) in [6, 6.07) is 0.252. The van der Waals surface area contributed by atoms with Crippen molar-refractivity contribution in [3.05, 3.63) is 12.4 Å². The molecule has 0 aromatic carbocycles. The Hall–Kier alpha value is -2.22. The van der Waals surface area contributed by atoms with Crippen molar-refractivity contribution >= 4 is 24.3 Å². The number of hydrogen-bond donors (Lipinski definition) is 2. The summed E-state index contributed by atoms with van der Waals surface area (Å²) in [5.41, 5.74) is -0.257. The monoisotopic (exact) mass is 318 g/mol. The lowest BCUT2D eigenvalue weighted by atomic mass is 10.0. The highest BCUT2D eigenvalue weighted by Gasteiger charge is 2.50. The van der Waals surface area contributed by atoms with Crippen LogP contribution in [0.1, 0.15) is 31.7 Å². The second kappa shape index (κ2) is 6.11. The number of guanidine groups is 1. The van der Waals surface area contributed by atoms with Crippen LogP contribution in [0.4, 0.5) is 5.69 Å². The van der Waals surface area contributed by atoms with Crippen LogP contribution < -0.4 is 5.32 Å². The van der Waals surface area contributed by atoms with E-state index in [0.29, 0.717) is 31.9 Å². The fourth-order valence-electron chi connectivity index (χ4n) is 2.86. The number of nitrogens with zero attached hydrogens (tertiary/aromatic N) is 5. The van der Waals surface area contributed by atoms with Gasteiger partial charge in [-0.15, -0.1) is 0 Å². The van der Waals surface area contributed by atoms with Crippen molar-refractivity contribution in [2.24, 2.45) is 9.98 Å². The largest absolute Gasteiger partial charge is 0.380 e. The molecule has 0 spiro atoms. The average Bonchev–Trinajstić information content (AvgIpc) is 3.17. The number of rotatable bonds is 3. The minimum atomic E-state index is -1.07. The molecule has 3 rings (SSSR count). The standard InChI is InChI=1S/C15H22N6O2/c1-16-14(17-2)19-11-9-18-21(10-11)12-3-7-20(8-4-12)13(22)15(23)5-6-15/h9-10,12,23H,1,3-8H2,2H3,(H,17,19). The predicted octanol–water partition coefficient (Wildman–Crippen LogP) is 0.670. The van der Waals surface area contributed by atoms with E-state index in [4.69, 9.17) is 0 Å². The van der Waals surface area contributed by atoms with Crippen LogP contribution >= 0.6 is 0 Å². The van der Waals surface area contributed by atoms with Crippen molar-refractivity contribution in [3.63, 3.8) is 0 Å². The van der Waals surface area contributed by atoms with Gasteiger partial charge in [0.25, 0.3) is 5.91 Å². The van der Waals surface area contributed by atoms with E-state index in [1.807, 2.05) is 10.9 Å². The molecule has 8 nitrogen and oxygen atoms in total. The fraction of sp³-hybridized carbons (Fsp3) is 0.600. The van der Waals surface area contributed by atoms with E-state index in [9.17, 15) is 9.90 Å². The summed E-state index contributed by atoms with van der Waals surface area (Å²) in [6.45, 7) is 4.76. The number of aromatic nitrogens is 2. The second-order valence-electron chi connectivity index (χ2n) is 6.09. The van der Waals surface area contributed by atoms with E-state index < -0.39 is 5.60 Å². The van der Waals surface area contributed by atoms with Crippen LogP contribution in [0, 0.1) is 0 Å². The molecule has 0 radical (unpaired) electrons. The van der Waals surface area contributed by atoms with Gasteiger partial charge < -0.3 is 15.3 Å². The van der Waals surface area contributed by atoms with Crippen LogP contribution in [-0.4, -0.2) is 64.1 Å². The third kappa shape index (κ3) is 3.26. The van der Waals surface area contributed by atoms with Gasteiger partial charge in [-0.05, 0) is 32.4 Å². The lowest BCUT2D eigenvalue weighted by Crippen LogP contribution is -2.45. The Morgan fingerprint density at radius 1 is 1.48 bits per heavy atom. The molecule has 2 fully saturated rings. The zero-order chi connectivity index (χ0) is 16.4. The number of amides is 1. The minimum absolute atomic E-state index is 0.111. The molecule has 0 atom stereocenters. The summed E-state index contributed by atoms with van der Waals surface area (Å²) in [6.07, 6.45) is 6.49. The number of carbonyl (C=O) groups excluding carboxylic acids is 1. The molecule has 0 bridgehead atoms. The van der Waals surface area contributed by atoms with Crippen molar-refractivity contribution in [1.82, 2.24) is 14.7 Å². The maximum absolute atomic E-state index is 12.1. The summed E-state index contributed by atoms with van der Waals surface area (Å²) < 4.78 is 1.91. The summed E-state index contributed by atoms with van der Waals surface area (Å²) >= 11 is 0. The number of aliphatic imine (C=N–C) groups is 2. The first-order chi connectivity index (χ1) is 11.1. The van der Waals surface area contributed by atoms with Crippen molar-refractivity contribution in [3.8, 4) is 0 Å². The number of anilines is 1. The fourth-order valence-corrected chi connectivity index (χ4v) is 2.86. The van der Waals surface area contributed by atoms with Crippen molar-refractivity contribution in [2.75, 3.05) is 25.5 Å². The van der Waals surface area contributed by atoms with E-state index in [1.165, 1.54) is 0 Å². The van der Waals surface area contributed by atoms with Gasteiger partial charge in [0, 0.05) is 26.3 Å². The first-order valence-corrected chi connectivity index (χ1v) is 7.82. The molecule has 1 aliphatic carbocycles. The van der Waals surface area contributed by atoms with Crippen LogP contribution in [0.5, 0.6) is 0 Å². The smallest absolute Gasteiger partial charge is 0.254 e. The Labute approximate surface area is 134 Å². The Balaban J connectivity index is 1.57. The van der Waals surface area contributed by atoms with Crippen molar-refractivity contribution in [1.29, 1.82) is 0 Å². The SMILES string of the molecule is C=NC(=NC)Nc1cnn(C2CCN(C(=O)C3(O)CC3)CC2)c1. The van der Waals surface area contributed by atoms with Gasteiger partial charge in [-0.3, -0.25) is 14.5 Å². The topological polar surface area (TPSA) is 95.1 Å². The highest BCUT2D eigenvalue weighted by Crippen LogP contribution is 2.38. The average molecular weight is 318 g/mol. The van der Waals surface area contributed by atoms with E-state index >= 15 is 0 Å². The van der Waals surface area contributed by atoms with E-state index in [-0.39, 0.29) is 11.9 Å². The second-order valence-corrected chi connectivity index (χ2v) is 6.09. The van der Waals surface area contributed by atoms with Crippen LogP contribution in [0.2, 0.25) is 0 Å². The van der Waals surface area contributed by atoms with Crippen LogP contribution in [0.3, 0.4) is 0 Å². The highest BCUT2D eigenvalue weighted by molar-refractivity contribution is 5.96. The number of hydrogen-bond acceptors (Lipinski definition) is 4. The summed E-state index contributed by atoms with van der Waals surface area (Å²) in [4.78, 5) is 21.6. The van der Waals surface area contributed by atoms with Gasteiger partial charge in [-0.1, -0.05) is 0 Å². The van der Waals surface area contributed by atoms with Gasteiger partial charge in [-0.25, -0.2) is 4.99 Å². The molecular weight excluding hydrogens is 296 g/mol. The third-order valence-corrected chi connectivity index (χ3v) is 4.47. The molecule has 1 amide bonds. The number of piperidine rings is 1. The molecule has 1 saturated carbocycles. The molecule has 124 valence electrons. The quantitative estimate of drug-likeness (QED) is 0.632. The first-order valence-electron chi connectivity index (χ1n) is 7.82. The van der Waals surface area contributed by atoms with Gasteiger partial charge >= 0.3 is 0 Å². The Kier molecular flexibility index (Phi) is 4.16. The van der Waals surface area contributed by atoms with Gasteiger partial charge in [0.2, 0.25) is 5.96 Å². The highest BCUT2D eigenvalue weighted by atomic mass is 16.3. The molecule has 1 aliphatic heterocycles. The molecule has 23 heavy (non-hydrogen) atoms. The van der Waals surface area contributed by atoms with E-state index in [0.717, 1.165) is 18.5 Å². The van der Waals surface area contributed by atoms with Crippen LogP contribution in [0.15, 0.2) is 22.4 Å². The van der Waals surface area contributed by atoms with Crippen LogP contribution in [-0.2, 0) is 4.79 Å². The van der Waals surface area contributed by atoms with Crippen LogP contribution in [0.25, 0.3) is 0 Å². The van der Waals surface area contributed by atoms with E-state index in [1.54, 1.807) is 18.1 Å². The lowest BCUT2D eigenvalue weighted by Gasteiger charge is -2.33. The van der Waals surface area contributed by atoms with Crippen molar-refractivity contribution in [2.45, 2.75) is 37.3 Å². The number of carbonyl (C=O) groups is 1. The zero-order valence-corrected chi connectivity index (χ0v) is 13.3. The summed E-state index contributed by atoms with van der Waals surface area (Å²) in [5.74, 6) is 0.335. The Morgan fingerprint density at radius 3 is 2.74 bits per heavy atom. The Morgan fingerprint density at radius 2 is 2.17 bits per heavy atom. The van der Waals surface area contributed by atoms with E-state index in [2.05, 4.69) is 27.1 Å². The van der Waals surface area contributed by atoms with Gasteiger partial charge in [0.05, 0.1) is 17.9 Å². The summed E-state index contributed by atoms with van der Waals surface area (Å²) in [5, 5.41) is 17.3. The summed E-state index contributed by atoms with van der Waals surface area (Å²) in [7, 11) is 1.64. The van der Waals surface area contributed by atoms with Gasteiger partial charge in [-0.2, -0.15) is 5.10 Å². The number of aliphatic hydroxyl groups is 1. The Bertz CT molecular complexity index is 626. The molecule has 2 N–H and O–H groups in total. The molecule has 1 aromatic heterocycles. The molecular formula is C15H22N6O2. The molecule has 1 aromatic rings. The predicted molar refractivity (Wildman–Crippen MR) is 87.8 cm³/mol. The lowest BCUT2D eigenvalue weighted by molar-refractivity contribution is -0.143. The third-order valence-electron chi connectivity index (χ3n) is 4.47. The van der Waals surface area contributed by atoms with Crippen molar-refractivity contribution < 1.29 is 9.90 Å². The normalized spacial score (nSPS) is 21.1. The number of nitrogens with one attached hydrogen (secondary N) is 1. The molecule has 1 saturated heterocycles. The molecule has 2 heterocycles. The zero-order valence-electron chi connectivity index (χ0n) is 13.3. The van der Waals surface area contributed by atoms with Gasteiger partial charge in [0.15, 0.2) is 0 Å². The van der Waals surface area contributed by atoms with Gasteiger partial charge in [0.1, 0.15) is 5.60 Å². The molecule has 8 heteroatoms. The molecule has 2 aliphatic rings. The molecule has 0 unspecified atom stereocenters. The minimum Gasteiger partial charge on any atom is -0.380 e.